The molecule has 4 rings (SSSR count). The Kier molecular flexibility index (Phi) is 5.30. The summed E-state index contributed by atoms with van der Waals surface area (Å²) in [4.78, 5) is 38.2. The highest BCUT2D eigenvalue weighted by Crippen LogP contribution is 2.39. The fraction of sp³-hybridized carbons (Fsp3) is 0.292. The molecule has 0 spiro atoms. The van der Waals surface area contributed by atoms with E-state index in [0.29, 0.717) is 29.8 Å². The minimum atomic E-state index is -0.742. The average molecular weight is 388 g/mol. The Bertz CT molecular complexity index is 977. The molecule has 29 heavy (non-hydrogen) atoms. The van der Waals surface area contributed by atoms with Crippen LogP contribution in [0.2, 0.25) is 0 Å². The molecule has 0 fully saturated rings. The lowest BCUT2D eigenvalue weighted by atomic mass is 9.75. The average Bonchev–Trinajstić information content (AvgIpc) is 2.74. The Balaban J connectivity index is 1.58. The summed E-state index contributed by atoms with van der Waals surface area (Å²) in [6.45, 7) is 2.07. The van der Waals surface area contributed by atoms with E-state index >= 15 is 0 Å². The lowest BCUT2D eigenvalue weighted by Gasteiger charge is -2.33. The minimum Gasteiger partial charge on any atom is -0.329 e. The number of ketones is 1. The quantitative estimate of drug-likeness (QED) is 0.838. The zero-order valence-electron chi connectivity index (χ0n) is 16.4. The third kappa shape index (κ3) is 3.99. The summed E-state index contributed by atoms with van der Waals surface area (Å²) in [7, 11) is 0. The predicted molar refractivity (Wildman–Crippen MR) is 111 cm³/mol. The third-order valence-electron chi connectivity index (χ3n) is 5.75. The van der Waals surface area contributed by atoms with Gasteiger partial charge in [0.15, 0.2) is 5.78 Å². The van der Waals surface area contributed by atoms with E-state index in [1.807, 2.05) is 54.6 Å². The first-order valence-corrected chi connectivity index (χ1v) is 10.1. The van der Waals surface area contributed by atoms with Crippen molar-refractivity contribution >= 4 is 23.3 Å². The maximum atomic E-state index is 13.0. The van der Waals surface area contributed by atoms with Crippen molar-refractivity contribution in [2.24, 2.45) is 5.92 Å². The molecule has 1 heterocycles. The van der Waals surface area contributed by atoms with Crippen molar-refractivity contribution in [3.63, 3.8) is 0 Å². The van der Waals surface area contributed by atoms with Gasteiger partial charge >= 0.3 is 0 Å². The highest BCUT2D eigenvalue weighted by Gasteiger charge is 2.40. The van der Waals surface area contributed by atoms with Crippen molar-refractivity contribution in [2.75, 3.05) is 5.32 Å². The number of allylic oxidation sites excluding steroid dienone is 1. The molecule has 2 aromatic carbocycles. The summed E-state index contributed by atoms with van der Waals surface area (Å²) >= 11 is 0. The summed E-state index contributed by atoms with van der Waals surface area (Å²) in [5.41, 5.74) is 4.00. The van der Waals surface area contributed by atoms with Crippen LogP contribution in [0.4, 0.5) is 5.69 Å². The zero-order valence-corrected chi connectivity index (χ0v) is 16.4. The van der Waals surface area contributed by atoms with Crippen LogP contribution in [0.5, 0.6) is 0 Å². The van der Waals surface area contributed by atoms with Crippen molar-refractivity contribution in [2.45, 2.75) is 38.5 Å². The van der Waals surface area contributed by atoms with Gasteiger partial charge in [0.25, 0.3) is 0 Å². The normalized spacial score (nSPS) is 21.4. The standard InChI is InChI=1S/C24H24N2O3/c1-2-15-8-10-18(11-9-15)25-24(29)19-14-22(28)26-20-12-17(13-21(27)23(19)20)16-6-4-3-5-7-16/h3-11,17,19H,2,12-14H2,1H3,(H,25,29)(H,26,28)/t17-,19+/m1/s1. The van der Waals surface area contributed by atoms with Crippen LogP contribution in [0.25, 0.3) is 0 Å². The van der Waals surface area contributed by atoms with Crippen molar-refractivity contribution < 1.29 is 14.4 Å². The number of anilines is 1. The van der Waals surface area contributed by atoms with E-state index in [0.717, 1.165) is 12.0 Å². The number of hydrogen-bond acceptors (Lipinski definition) is 3. The molecule has 0 radical (unpaired) electrons. The van der Waals surface area contributed by atoms with Gasteiger partial charge in [-0.15, -0.1) is 0 Å². The number of carbonyl (C=O) groups is 3. The molecule has 2 aliphatic rings. The van der Waals surface area contributed by atoms with Gasteiger partial charge in [-0.3, -0.25) is 14.4 Å². The second-order valence-electron chi connectivity index (χ2n) is 7.68. The Morgan fingerprint density at radius 1 is 1.00 bits per heavy atom. The van der Waals surface area contributed by atoms with E-state index in [2.05, 4.69) is 17.6 Å². The molecule has 2 amide bonds. The van der Waals surface area contributed by atoms with Crippen LogP contribution in [0.1, 0.15) is 43.2 Å². The third-order valence-corrected chi connectivity index (χ3v) is 5.75. The number of hydrogen-bond donors (Lipinski definition) is 2. The summed E-state index contributed by atoms with van der Waals surface area (Å²) in [6, 6.07) is 17.5. The van der Waals surface area contributed by atoms with E-state index < -0.39 is 5.92 Å². The molecule has 0 saturated carbocycles. The van der Waals surface area contributed by atoms with Gasteiger partial charge in [-0.1, -0.05) is 49.4 Å². The molecule has 0 bridgehead atoms. The molecular weight excluding hydrogens is 364 g/mol. The minimum absolute atomic E-state index is 0.000542. The van der Waals surface area contributed by atoms with Crippen molar-refractivity contribution in [1.82, 2.24) is 5.32 Å². The highest BCUT2D eigenvalue weighted by atomic mass is 16.2. The maximum Gasteiger partial charge on any atom is 0.232 e. The van der Waals surface area contributed by atoms with E-state index in [1.165, 1.54) is 5.56 Å². The molecule has 0 aromatic heterocycles. The van der Waals surface area contributed by atoms with Crippen LogP contribution in [-0.2, 0) is 20.8 Å². The largest absolute Gasteiger partial charge is 0.329 e. The van der Waals surface area contributed by atoms with Gasteiger partial charge < -0.3 is 10.6 Å². The van der Waals surface area contributed by atoms with Crippen LogP contribution >= 0.6 is 0 Å². The highest BCUT2D eigenvalue weighted by molar-refractivity contribution is 6.09. The van der Waals surface area contributed by atoms with Crippen molar-refractivity contribution in [3.8, 4) is 0 Å². The van der Waals surface area contributed by atoms with Gasteiger partial charge in [0.05, 0.1) is 5.92 Å². The van der Waals surface area contributed by atoms with Gasteiger partial charge in [-0.25, -0.2) is 0 Å². The van der Waals surface area contributed by atoms with Crippen molar-refractivity contribution in [1.29, 1.82) is 0 Å². The fourth-order valence-corrected chi connectivity index (χ4v) is 4.20. The summed E-state index contributed by atoms with van der Waals surface area (Å²) < 4.78 is 0. The lowest BCUT2D eigenvalue weighted by molar-refractivity contribution is -0.129. The molecule has 2 aromatic rings. The molecule has 2 N–H and O–H groups in total. The van der Waals surface area contributed by atoms with Crippen LogP contribution in [0.15, 0.2) is 65.9 Å². The topological polar surface area (TPSA) is 75.3 Å². The first-order chi connectivity index (χ1) is 14.0. The molecule has 0 unspecified atom stereocenters. The molecular formula is C24H24N2O3. The maximum absolute atomic E-state index is 13.0. The van der Waals surface area contributed by atoms with Crippen molar-refractivity contribution in [3.05, 3.63) is 77.0 Å². The van der Waals surface area contributed by atoms with Crippen LogP contribution in [-0.4, -0.2) is 17.6 Å². The van der Waals surface area contributed by atoms with E-state index in [1.54, 1.807) is 0 Å². The fourth-order valence-electron chi connectivity index (χ4n) is 4.20. The first-order valence-electron chi connectivity index (χ1n) is 10.1. The molecule has 1 aliphatic heterocycles. The number of rotatable bonds is 4. The van der Waals surface area contributed by atoms with Gasteiger partial charge in [0.2, 0.25) is 11.8 Å². The first kappa shape index (κ1) is 19.1. The van der Waals surface area contributed by atoms with Gasteiger partial charge in [-0.2, -0.15) is 0 Å². The SMILES string of the molecule is CCc1ccc(NC(=O)[C@H]2CC(=O)NC3=C2C(=O)C[C@H](c2ccccc2)C3)cc1. The van der Waals surface area contributed by atoms with Crippen LogP contribution in [0, 0.1) is 5.92 Å². The number of carbonyl (C=O) groups excluding carboxylic acids is 3. The summed E-state index contributed by atoms with van der Waals surface area (Å²) in [5, 5.41) is 5.73. The molecule has 2 atom stereocenters. The Labute approximate surface area is 170 Å². The number of aryl methyl sites for hydroxylation is 1. The smallest absolute Gasteiger partial charge is 0.232 e. The number of benzene rings is 2. The van der Waals surface area contributed by atoms with Gasteiger partial charge in [0.1, 0.15) is 0 Å². The Morgan fingerprint density at radius 2 is 1.72 bits per heavy atom. The molecule has 5 heteroatoms. The summed E-state index contributed by atoms with van der Waals surface area (Å²) in [6.07, 6.45) is 1.84. The number of amides is 2. The van der Waals surface area contributed by atoms with E-state index in [4.69, 9.17) is 0 Å². The van der Waals surface area contributed by atoms with E-state index in [9.17, 15) is 14.4 Å². The Hall–Kier alpha value is -3.21. The van der Waals surface area contributed by atoms with Gasteiger partial charge in [-0.05, 0) is 42.0 Å². The molecule has 1 aliphatic carbocycles. The zero-order chi connectivity index (χ0) is 20.4. The van der Waals surface area contributed by atoms with Crippen LogP contribution in [0.3, 0.4) is 0 Å². The molecule has 5 nitrogen and oxygen atoms in total. The van der Waals surface area contributed by atoms with Crippen LogP contribution < -0.4 is 10.6 Å². The second kappa shape index (κ2) is 8.03. The lowest BCUT2D eigenvalue weighted by Crippen LogP contribution is -2.43. The molecule has 0 saturated heterocycles. The van der Waals surface area contributed by atoms with E-state index in [-0.39, 0.29) is 29.9 Å². The number of Topliss-reactive ketones (excluding diaryl/α,β-unsaturated/α-hetero) is 1. The predicted octanol–water partition coefficient (Wildman–Crippen LogP) is 3.72. The Morgan fingerprint density at radius 3 is 2.41 bits per heavy atom. The second-order valence-corrected chi connectivity index (χ2v) is 7.68. The monoisotopic (exact) mass is 388 g/mol. The molecule has 148 valence electrons. The van der Waals surface area contributed by atoms with Gasteiger partial charge in [0, 0.05) is 29.8 Å². The number of nitrogens with one attached hydrogen (secondary N) is 2. The summed E-state index contributed by atoms with van der Waals surface area (Å²) in [5.74, 6) is -1.29.